The highest BCUT2D eigenvalue weighted by Crippen LogP contribution is 2.25. The molecule has 114 valence electrons. The molecule has 1 aliphatic rings. The number of furan rings is 1. The van der Waals surface area contributed by atoms with E-state index in [0.717, 1.165) is 18.5 Å². The molecule has 0 bridgehead atoms. The number of anilines is 1. The third-order valence-electron chi connectivity index (χ3n) is 3.98. The maximum Gasteiger partial charge on any atom is 0.291 e. The number of fused-ring (bicyclic) bond motifs is 1. The molecule has 1 N–H and O–H groups in total. The normalized spacial score (nSPS) is 14.0. The van der Waals surface area contributed by atoms with Crippen molar-refractivity contribution in [3.63, 3.8) is 0 Å². The SMILES string of the molecule is CC(C)c1ccc(NC(=O)c2cc3c(o2)CCCC3=O)cc1. The van der Waals surface area contributed by atoms with Crippen LogP contribution in [0.1, 0.15) is 64.8 Å². The number of carbonyl (C=O) groups is 2. The van der Waals surface area contributed by atoms with Crippen LogP contribution in [0.15, 0.2) is 34.7 Å². The Bertz CT molecular complexity index is 710. The maximum atomic E-state index is 12.2. The molecule has 2 aromatic rings. The molecule has 0 atom stereocenters. The fourth-order valence-corrected chi connectivity index (χ4v) is 2.65. The zero-order valence-corrected chi connectivity index (χ0v) is 12.8. The van der Waals surface area contributed by atoms with E-state index in [2.05, 4.69) is 19.2 Å². The van der Waals surface area contributed by atoms with Gasteiger partial charge in [-0.15, -0.1) is 0 Å². The topological polar surface area (TPSA) is 59.3 Å². The summed E-state index contributed by atoms with van der Waals surface area (Å²) < 4.78 is 5.54. The predicted octanol–water partition coefficient (Wildman–Crippen LogP) is 4.17. The number of hydrogen-bond donors (Lipinski definition) is 1. The molecule has 0 unspecified atom stereocenters. The highest BCUT2D eigenvalue weighted by Gasteiger charge is 2.24. The number of Topliss-reactive ketones (excluding diaryl/α,β-unsaturated/α-hetero) is 1. The van der Waals surface area contributed by atoms with Crippen molar-refractivity contribution in [3.8, 4) is 0 Å². The molecular formula is C18H19NO3. The first-order valence-electron chi connectivity index (χ1n) is 7.62. The summed E-state index contributed by atoms with van der Waals surface area (Å²) >= 11 is 0. The molecule has 1 heterocycles. The Balaban J connectivity index is 1.76. The predicted molar refractivity (Wildman–Crippen MR) is 84.5 cm³/mol. The Kier molecular flexibility index (Phi) is 3.84. The molecule has 1 aromatic heterocycles. The van der Waals surface area contributed by atoms with Crippen molar-refractivity contribution in [1.29, 1.82) is 0 Å². The molecule has 22 heavy (non-hydrogen) atoms. The maximum absolute atomic E-state index is 12.2. The quantitative estimate of drug-likeness (QED) is 0.924. The van der Waals surface area contributed by atoms with Crippen LogP contribution in [0.25, 0.3) is 0 Å². The highest BCUT2D eigenvalue weighted by atomic mass is 16.4. The van der Waals surface area contributed by atoms with Crippen LogP contribution < -0.4 is 5.32 Å². The molecule has 4 nitrogen and oxygen atoms in total. The average molecular weight is 297 g/mol. The molecule has 0 aliphatic heterocycles. The average Bonchev–Trinajstić information content (AvgIpc) is 2.93. The Morgan fingerprint density at radius 2 is 1.91 bits per heavy atom. The summed E-state index contributed by atoms with van der Waals surface area (Å²) in [6, 6.07) is 9.31. The Hall–Kier alpha value is -2.36. The van der Waals surface area contributed by atoms with Gasteiger partial charge in [0.1, 0.15) is 5.76 Å². The van der Waals surface area contributed by atoms with Gasteiger partial charge in [-0.2, -0.15) is 0 Å². The van der Waals surface area contributed by atoms with E-state index in [4.69, 9.17) is 4.42 Å². The summed E-state index contributed by atoms with van der Waals surface area (Å²) in [5.41, 5.74) is 2.50. The Morgan fingerprint density at radius 3 is 2.55 bits per heavy atom. The van der Waals surface area contributed by atoms with E-state index in [1.165, 1.54) is 5.56 Å². The van der Waals surface area contributed by atoms with Crippen molar-refractivity contribution < 1.29 is 14.0 Å². The minimum Gasteiger partial charge on any atom is -0.455 e. The van der Waals surface area contributed by atoms with Gasteiger partial charge in [-0.25, -0.2) is 0 Å². The largest absolute Gasteiger partial charge is 0.455 e. The van der Waals surface area contributed by atoms with E-state index in [1.807, 2.05) is 24.3 Å². The summed E-state index contributed by atoms with van der Waals surface area (Å²) in [5, 5.41) is 2.80. The smallest absolute Gasteiger partial charge is 0.291 e. The first-order chi connectivity index (χ1) is 10.5. The van der Waals surface area contributed by atoms with E-state index in [1.54, 1.807) is 6.07 Å². The summed E-state index contributed by atoms with van der Waals surface area (Å²) in [7, 11) is 0. The van der Waals surface area contributed by atoms with Crippen molar-refractivity contribution in [3.05, 3.63) is 53.0 Å². The van der Waals surface area contributed by atoms with Gasteiger partial charge in [0.05, 0.1) is 5.56 Å². The second kappa shape index (κ2) is 5.79. The molecule has 0 spiro atoms. The number of amides is 1. The lowest BCUT2D eigenvalue weighted by molar-refractivity contribution is 0.0963. The fraction of sp³-hybridized carbons (Fsp3) is 0.333. The van der Waals surface area contributed by atoms with Gasteiger partial charge in [-0.3, -0.25) is 9.59 Å². The molecule has 0 saturated carbocycles. The van der Waals surface area contributed by atoms with Gasteiger partial charge in [0.25, 0.3) is 5.91 Å². The number of ketones is 1. The van der Waals surface area contributed by atoms with Crippen LogP contribution in [0.5, 0.6) is 0 Å². The number of rotatable bonds is 3. The van der Waals surface area contributed by atoms with E-state index in [9.17, 15) is 9.59 Å². The lowest BCUT2D eigenvalue weighted by Gasteiger charge is -2.07. The third-order valence-corrected chi connectivity index (χ3v) is 3.98. The summed E-state index contributed by atoms with van der Waals surface area (Å²) in [6.07, 6.45) is 2.04. The minimum atomic E-state index is -0.320. The van der Waals surface area contributed by atoms with Crippen LogP contribution in [0, 0.1) is 0 Å². The highest BCUT2D eigenvalue weighted by molar-refractivity contribution is 6.05. The van der Waals surface area contributed by atoms with Crippen molar-refractivity contribution in [2.24, 2.45) is 0 Å². The standard InChI is InChI=1S/C18H19NO3/c1-11(2)12-6-8-13(9-7-12)19-18(21)17-10-14-15(20)4-3-5-16(14)22-17/h6-11H,3-5H2,1-2H3,(H,19,21). The van der Waals surface area contributed by atoms with Gasteiger partial charge < -0.3 is 9.73 Å². The van der Waals surface area contributed by atoms with E-state index >= 15 is 0 Å². The van der Waals surface area contributed by atoms with Gasteiger partial charge in [0.2, 0.25) is 0 Å². The van der Waals surface area contributed by atoms with Crippen molar-refractivity contribution in [2.45, 2.75) is 39.0 Å². The second-order valence-corrected chi connectivity index (χ2v) is 5.96. The molecule has 1 aromatic carbocycles. The summed E-state index contributed by atoms with van der Waals surface area (Å²) in [5.74, 6) is 1.03. The Labute approximate surface area is 129 Å². The number of aryl methyl sites for hydroxylation is 1. The van der Waals surface area contributed by atoms with Crippen LogP contribution in [0.4, 0.5) is 5.69 Å². The van der Waals surface area contributed by atoms with Gasteiger partial charge in [-0.1, -0.05) is 26.0 Å². The van der Waals surface area contributed by atoms with Crippen molar-refractivity contribution in [2.75, 3.05) is 5.32 Å². The van der Waals surface area contributed by atoms with Crippen LogP contribution >= 0.6 is 0 Å². The monoisotopic (exact) mass is 297 g/mol. The molecule has 3 rings (SSSR count). The summed E-state index contributed by atoms with van der Waals surface area (Å²) in [4.78, 5) is 24.0. The molecule has 0 fully saturated rings. The zero-order chi connectivity index (χ0) is 15.7. The lowest BCUT2D eigenvalue weighted by Crippen LogP contribution is -2.11. The van der Waals surface area contributed by atoms with Crippen LogP contribution in [0.2, 0.25) is 0 Å². The zero-order valence-electron chi connectivity index (χ0n) is 12.8. The number of hydrogen-bond acceptors (Lipinski definition) is 3. The molecule has 1 aliphatic carbocycles. The van der Waals surface area contributed by atoms with Gasteiger partial charge in [-0.05, 0) is 30.0 Å². The van der Waals surface area contributed by atoms with Crippen LogP contribution in [-0.2, 0) is 6.42 Å². The Morgan fingerprint density at radius 1 is 1.18 bits per heavy atom. The van der Waals surface area contributed by atoms with E-state index in [0.29, 0.717) is 23.7 Å². The van der Waals surface area contributed by atoms with Gasteiger partial charge >= 0.3 is 0 Å². The second-order valence-electron chi connectivity index (χ2n) is 5.96. The number of nitrogens with one attached hydrogen (secondary N) is 1. The van der Waals surface area contributed by atoms with Gasteiger partial charge in [0.15, 0.2) is 11.5 Å². The van der Waals surface area contributed by atoms with Crippen LogP contribution in [0.3, 0.4) is 0 Å². The molecule has 0 radical (unpaired) electrons. The first-order valence-corrected chi connectivity index (χ1v) is 7.62. The molecule has 4 heteroatoms. The molecule has 1 amide bonds. The van der Waals surface area contributed by atoms with Crippen molar-refractivity contribution >= 4 is 17.4 Å². The molecule has 0 saturated heterocycles. The van der Waals surface area contributed by atoms with Gasteiger partial charge in [0, 0.05) is 24.6 Å². The van der Waals surface area contributed by atoms with E-state index in [-0.39, 0.29) is 17.5 Å². The summed E-state index contributed by atoms with van der Waals surface area (Å²) in [6.45, 7) is 4.25. The fourth-order valence-electron chi connectivity index (χ4n) is 2.65. The van der Waals surface area contributed by atoms with Crippen molar-refractivity contribution in [1.82, 2.24) is 0 Å². The molecular weight excluding hydrogens is 278 g/mol. The number of benzene rings is 1. The third kappa shape index (κ3) is 2.82. The number of carbonyl (C=O) groups excluding carboxylic acids is 2. The van der Waals surface area contributed by atoms with Crippen LogP contribution in [-0.4, -0.2) is 11.7 Å². The minimum absolute atomic E-state index is 0.0605. The van der Waals surface area contributed by atoms with E-state index < -0.39 is 0 Å². The lowest BCUT2D eigenvalue weighted by atomic mass is 9.97. The first kappa shape index (κ1) is 14.6.